The molecule has 6 aromatic heterocycles. The minimum absolute atomic E-state index is 0.363. The van der Waals surface area contributed by atoms with Crippen LogP contribution in [0.1, 0.15) is 49.9 Å². The first-order valence-corrected chi connectivity index (χ1v) is 30.7. The Morgan fingerprint density at radius 3 is 1.02 bits per heavy atom. The number of aromatic nitrogens is 6. The van der Waals surface area contributed by atoms with E-state index in [1.165, 1.54) is 132 Å². The Labute approximate surface area is 506 Å². The molecule has 0 saturated heterocycles. The van der Waals surface area contributed by atoms with Gasteiger partial charge in [0.1, 0.15) is 0 Å². The Kier molecular flexibility index (Phi) is 9.24. The first-order chi connectivity index (χ1) is 43.3. The first kappa shape index (κ1) is 48.2. The summed E-state index contributed by atoms with van der Waals surface area (Å²) in [6, 6.07) is 90.5. The van der Waals surface area contributed by atoms with Crippen LogP contribution in [0.4, 0.5) is 0 Å². The number of pyridine rings is 2. The molecule has 6 heteroatoms. The van der Waals surface area contributed by atoms with E-state index < -0.39 is 0 Å². The molecular formula is C82H54N6. The van der Waals surface area contributed by atoms with Gasteiger partial charge in [-0.3, -0.25) is 9.97 Å². The third-order valence-corrected chi connectivity index (χ3v) is 20.5. The highest BCUT2D eigenvalue weighted by molar-refractivity contribution is 6.43. The van der Waals surface area contributed by atoms with Crippen molar-refractivity contribution >= 4 is 120 Å². The third kappa shape index (κ3) is 5.92. The van der Waals surface area contributed by atoms with Crippen molar-refractivity contribution in [3.63, 3.8) is 0 Å². The van der Waals surface area contributed by atoms with E-state index >= 15 is 0 Å². The second kappa shape index (κ2) is 16.9. The van der Waals surface area contributed by atoms with Crippen LogP contribution < -0.4 is 0 Å². The van der Waals surface area contributed by atoms with E-state index in [4.69, 9.17) is 9.97 Å². The summed E-state index contributed by atoms with van der Waals surface area (Å²) >= 11 is 0. The molecule has 88 heavy (non-hydrogen) atoms. The molecule has 0 spiro atoms. The van der Waals surface area contributed by atoms with Gasteiger partial charge >= 0.3 is 0 Å². The molecule has 0 saturated carbocycles. The van der Waals surface area contributed by atoms with Gasteiger partial charge in [-0.25, -0.2) is 0 Å². The molecule has 6 heterocycles. The minimum atomic E-state index is -0.363. The monoisotopic (exact) mass is 1120 g/mol. The molecule has 0 bridgehead atoms. The minimum Gasteiger partial charge on any atom is -0.309 e. The van der Waals surface area contributed by atoms with Gasteiger partial charge in [0.15, 0.2) is 0 Å². The van der Waals surface area contributed by atoms with E-state index in [2.05, 4.69) is 289 Å². The van der Waals surface area contributed by atoms with Gasteiger partial charge in [-0.15, -0.1) is 0 Å². The third-order valence-electron chi connectivity index (χ3n) is 20.5. The number of rotatable bonds is 4. The van der Waals surface area contributed by atoms with E-state index in [0.717, 1.165) is 55.2 Å². The number of para-hydroxylation sites is 4. The lowest BCUT2D eigenvalue weighted by molar-refractivity contribution is 0.663. The van der Waals surface area contributed by atoms with Crippen LogP contribution in [0.15, 0.2) is 255 Å². The molecule has 0 aliphatic heterocycles. The van der Waals surface area contributed by atoms with Crippen LogP contribution in [0.3, 0.4) is 0 Å². The Hall–Kier alpha value is -11.1. The van der Waals surface area contributed by atoms with Crippen LogP contribution in [0, 0.1) is 0 Å². The van der Waals surface area contributed by atoms with E-state index in [-0.39, 0.29) is 10.8 Å². The summed E-state index contributed by atoms with van der Waals surface area (Å²) in [5.74, 6) is 0. The van der Waals surface area contributed by atoms with Gasteiger partial charge in [0.2, 0.25) is 0 Å². The van der Waals surface area contributed by atoms with Crippen LogP contribution in [0.5, 0.6) is 0 Å². The summed E-state index contributed by atoms with van der Waals surface area (Å²) in [5, 5.41) is 14.5. The fourth-order valence-electron chi connectivity index (χ4n) is 17.0. The standard InChI is InChI=1S/C82H54N6/c1-81(2)63-45-49(35-37-51(63)59-39-41-61-53-25-15-17-31-65(53)85(77(61)73(59)81)47-21-7-5-8-22-47)87-67-33-19-43-83-75(67)71-57-29-13-12-28-56(57)70-69(79(71)87)55-27-11-14-30-58(55)72-76-68(34-20-44-84-76)88(80(70)72)50-36-38-52-60-40-42-62-54-26-16-18-32-66(54)86(48-23-9-6-10-24-48)78(62)74(60)82(3,4)64(52)46-50/h5-46H,1-4H3. The molecule has 0 amide bonds. The summed E-state index contributed by atoms with van der Waals surface area (Å²) in [4.78, 5) is 10.7. The largest absolute Gasteiger partial charge is 0.309 e. The molecule has 20 rings (SSSR count). The topological polar surface area (TPSA) is 45.5 Å². The molecule has 12 aromatic carbocycles. The maximum atomic E-state index is 5.36. The van der Waals surface area contributed by atoms with Crippen molar-refractivity contribution in [3.8, 4) is 45.0 Å². The molecule has 0 atom stereocenters. The predicted molar refractivity (Wildman–Crippen MR) is 367 cm³/mol. The van der Waals surface area contributed by atoms with Crippen LogP contribution >= 0.6 is 0 Å². The molecule has 6 nitrogen and oxygen atoms in total. The molecule has 0 fully saturated rings. The van der Waals surface area contributed by atoms with Gasteiger partial charge in [0.25, 0.3) is 0 Å². The van der Waals surface area contributed by atoms with E-state index in [0.29, 0.717) is 0 Å². The number of nitrogens with zero attached hydrogens (tertiary/aromatic N) is 6. The molecule has 2 aliphatic rings. The van der Waals surface area contributed by atoms with Crippen LogP contribution in [0.25, 0.3) is 165 Å². The van der Waals surface area contributed by atoms with Crippen molar-refractivity contribution in [1.29, 1.82) is 0 Å². The van der Waals surface area contributed by atoms with Gasteiger partial charge in [0.05, 0.1) is 55.2 Å². The first-order valence-electron chi connectivity index (χ1n) is 30.7. The summed E-state index contributed by atoms with van der Waals surface area (Å²) in [6.45, 7) is 9.74. The van der Waals surface area contributed by atoms with Crippen molar-refractivity contribution in [3.05, 3.63) is 277 Å². The van der Waals surface area contributed by atoms with Gasteiger partial charge in [0, 0.05) is 89.1 Å². The summed E-state index contributed by atoms with van der Waals surface area (Å²) < 4.78 is 10.1. The highest BCUT2D eigenvalue weighted by Gasteiger charge is 2.41. The number of hydrogen-bond acceptors (Lipinski definition) is 2. The molecule has 0 N–H and O–H groups in total. The van der Waals surface area contributed by atoms with Gasteiger partial charge in [-0.2, -0.15) is 0 Å². The number of benzene rings is 12. The van der Waals surface area contributed by atoms with Crippen LogP contribution in [-0.2, 0) is 10.8 Å². The van der Waals surface area contributed by atoms with Crippen molar-refractivity contribution in [2.24, 2.45) is 0 Å². The van der Waals surface area contributed by atoms with E-state index in [1.54, 1.807) is 0 Å². The number of hydrogen-bond donors (Lipinski definition) is 0. The molecule has 18 aromatic rings. The summed E-state index contributed by atoms with van der Waals surface area (Å²) in [6.07, 6.45) is 3.94. The van der Waals surface area contributed by atoms with Crippen molar-refractivity contribution < 1.29 is 0 Å². The van der Waals surface area contributed by atoms with Crippen molar-refractivity contribution in [2.75, 3.05) is 0 Å². The zero-order valence-electron chi connectivity index (χ0n) is 48.9. The molecule has 0 radical (unpaired) electrons. The average Bonchev–Trinajstić information content (AvgIpc) is 1.49. The van der Waals surface area contributed by atoms with Crippen molar-refractivity contribution in [2.45, 2.75) is 38.5 Å². The maximum absolute atomic E-state index is 5.36. The fourth-order valence-corrected chi connectivity index (χ4v) is 17.0. The Morgan fingerprint density at radius 1 is 0.261 bits per heavy atom. The SMILES string of the molecule is CC1(C)c2cc(-n3c4cccnc4c4c5ccccc5c5c(c6ccccc6c6c7ncccc7n(-c7ccc8c(c7)C(C)(C)c7c-8ccc8c9ccccc9n(-c9ccccc9)c78)c65)c43)ccc2-c2ccc3c4ccccc4n(-c4ccccc4)c3c21. The summed E-state index contributed by atoms with van der Waals surface area (Å²) in [5.41, 5.74) is 25.7. The van der Waals surface area contributed by atoms with E-state index in [9.17, 15) is 0 Å². The van der Waals surface area contributed by atoms with E-state index in [1.807, 2.05) is 12.4 Å². The predicted octanol–water partition coefficient (Wildman–Crippen LogP) is 20.9. The molecule has 0 unspecified atom stereocenters. The average molecular weight is 1120 g/mol. The zero-order chi connectivity index (χ0) is 58.1. The zero-order valence-corrected chi connectivity index (χ0v) is 48.9. The Bertz CT molecular complexity index is 5790. The second-order valence-corrected chi connectivity index (χ2v) is 25.6. The normalized spacial score (nSPS) is 14.1. The van der Waals surface area contributed by atoms with Crippen LogP contribution in [-0.4, -0.2) is 28.2 Å². The Morgan fingerprint density at radius 2 is 0.602 bits per heavy atom. The lowest BCUT2D eigenvalue weighted by atomic mass is 9.81. The lowest BCUT2D eigenvalue weighted by Gasteiger charge is -2.24. The summed E-state index contributed by atoms with van der Waals surface area (Å²) in [7, 11) is 0. The second-order valence-electron chi connectivity index (χ2n) is 25.6. The van der Waals surface area contributed by atoms with Gasteiger partial charge in [-0.1, -0.05) is 185 Å². The highest BCUT2D eigenvalue weighted by Crippen LogP contribution is 2.57. The number of fused-ring (bicyclic) bond motifs is 29. The molecule has 412 valence electrons. The Balaban J connectivity index is 0.873. The van der Waals surface area contributed by atoms with Gasteiger partial charge in [-0.05, 0) is 151 Å². The maximum Gasteiger partial charge on any atom is 0.0969 e. The lowest BCUT2D eigenvalue weighted by Crippen LogP contribution is -2.17. The quantitative estimate of drug-likeness (QED) is 0.165. The smallest absolute Gasteiger partial charge is 0.0969 e. The van der Waals surface area contributed by atoms with Crippen LogP contribution in [0.2, 0.25) is 0 Å². The highest BCUT2D eigenvalue weighted by atomic mass is 15.0. The fraction of sp³-hybridized carbons (Fsp3) is 0.0732. The molecular weight excluding hydrogens is 1070 g/mol. The molecule has 2 aliphatic carbocycles. The van der Waals surface area contributed by atoms with Gasteiger partial charge < -0.3 is 18.3 Å². The van der Waals surface area contributed by atoms with Crippen molar-refractivity contribution in [1.82, 2.24) is 28.2 Å².